The molecule has 1 heterocycles. The Balaban J connectivity index is 2.28. The summed E-state index contributed by atoms with van der Waals surface area (Å²) in [5, 5.41) is 24.0. The van der Waals surface area contributed by atoms with Gasteiger partial charge in [0.05, 0.1) is 11.0 Å². The molecular weight excluding hydrogens is 298 g/mol. The molecule has 0 fully saturated rings. The topological polar surface area (TPSA) is 105 Å². The average molecular weight is 313 g/mol. The first kappa shape index (κ1) is 16.2. The number of hydrogen-bond donors (Lipinski definition) is 0. The summed E-state index contributed by atoms with van der Waals surface area (Å²) < 4.78 is 1.29. The van der Waals surface area contributed by atoms with Gasteiger partial charge in [-0.05, 0) is 26.0 Å². The number of aryl methyl sites for hydroxylation is 1. The van der Waals surface area contributed by atoms with Gasteiger partial charge in [-0.15, -0.1) is 0 Å². The smallest absolute Gasteiger partial charge is 0.297 e. The molecule has 0 saturated carbocycles. The molecule has 1 amide bonds. The van der Waals surface area contributed by atoms with Gasteiger partial charge in [-0.25, -0.2) is 0 Å². The predicted molar refractivity (Wildman–Crippen MR) is 82.8 cm³/mol. The van der Waals surface area contributed by atoms with E-state index in [4.69, 9.17) is 5.26 Å². The molecule has 0 unspecified atom stereocenters. The number of carbonyl (C=O) groups is 1. The zero-order valence-corrected chi connectivity index (χ0v) is 12.8. The van der Waals surface area contributed by atoms with Gasteiger partial charge in [0.15, 0.2) is 0 Å². The van der Waals surface area contributed by atoms with Crippen molar-refractivity contribution in [2.45, 2.75) is 20.4 Å². The van der Waals surface area contributed by atoms with E-state index in [0.717, 1.165) is 0 Å². The van der Waals surface area contributed by atoms with Crippen molar-refractivity contribution in [1.29, 1.82) is 5.26 Å². The number of benzene rings is 1. The zero-order valence-electron chi connectivity index (χ0n) is 12.8. The highest BCUT2D eigenvalue weighted by atomic mass is 16.6. The fraction of sp³-hybridized carbons (Fsp3) is 0.267. The lowest BCUT2D eigenvalue weighted by atomic mass is 10.2. The van der Waals surface area contributed by atoms with Crippen molar-refractivity contribution in [2.24, 2.45) is 0 Å². The van der Waals surface area contributed by atoms with Crippen LogP contribution in [0.4, 0.5) is 11.4 Å². The molecule has 0 radical (unpaired) electrons. The van der Waals surface area contributed by atoms with Crippen LogP contribution in [0.5, 0.6) is 0 Å². The SMILES string of the molecule is Cc1nn(CC(=O)N(CC#N)c2ccccc2)c(C)c1[N+](=O)[O-]. The summed E-state index contributed by atoms with van der Waals surface area (Å²) in [5.41, 5.74) is 1.07. The Labute approximate surface area is 132 Å². The van der Waals surface area contributed by atoms with Crippen molar-refractivity contribution in [3.8, 4) is 6.07 Å². The van der Waals surface area contributed by atoms with E-state index in [9.17, 15) is 14.9 Å². The van der Waals surface area contributed by atoms with Crippen LogP contribution in [0.25, 0.3) is 0 Å². The lowest BCUT2D eigenvalue weighted by Crippen LogP contribution is -2.34. The van der Waals surface area contributed by atoms with Gasteiger partial charge in [-0.3, -0.25) is 24.5 Å². The second-order valence-corrected chi connectivity index (χ2v) is 4.91. The molecule has 0 N–H and O–H groups in total. The molecule has 0 spiro atoms. The van der Waals surface area contributed by atoms with Gasteiger partial charge in [0.2, 0.25) is 5.91 Å². The van der Waals surface area contributed by atoms with Crippen molar-refractivity contribution in [1.82, 2.24) is 9.78 Å². The van der Waals surface area contributed by atoms with Gasteiger partial charge in [0.1, 0.15) is 24.5 Å². The first-order valence-electron chi connectivity index (χ1n) is 6.86. The highest BCUT2D eigenvalue weighted by Gasteiger charge is 2.24. The monoisotopic (exact) mass is 313 g/mol. The Morgan fingerprint density at radius 1 is 1.39 bits per heavy atom. The summed E-state index contributed by atoms with van der Waals surface area (Å²) in [5.74, 6) is -0.363. The van der Waals surface area contributed by atoms with Crippen molar-refractivity contribution in [2.75, 3.05) is 11.4 Å². The molecule has 0 aliphatic heterocycles. The molecule has 0 bridgehead atoms. The van der Waals surface area contributed by atoms with E-state index in [2.05, 4.69) is 5.10 Å². The molecule has 23 heavy (non-hydrogen) atoms. The molecule has 118 valence electrons. The van der Waals surface area contributed by atoms with Crippen LogP contribution in [0.3, 0.4) is 0 Å². The van der Waals surface area contributed by atoms with Gasteiger partial charge in [-0.2, -0.15) is 10.4 Å². The van der Waals surface area contributed by atoms with E-state index in [1.54, 1.807) is 31.2 Å². The lowest BCUT2D eigenvalue weighted by molar-refractivity contribution is -0.386. The van der Waals surface area contributed by atoms with Crippen LogP contribution >= 0.6 is 0 Å². The van der Waals surface area contributed by atoms with E-state index in [-0.39, 0.29) is 30.4 Å². The molecule has 0 aliphatic rings. The second kappa shape index (κ2) is 6.70. The van der Waals surface area contributed by atoms with Crippen LogP contribution in [0.1, 0.15) is 11.4 Å². The zero-order chi connectivity index (χ0) is 17.0. The number of nitrogens with zero attached hydrogens (tertiary/aromatic N) is 5. The van der Waals surface area contributed by atoms with E-state index in [1.807, 2.05) is 12.1 Å². The number of amides is 1. The molecule has 0 atom stereocenters. The molecule has 0 aliphatic carbocycles. The van der Waals surface area contributed by atoms with Gasteiger partial charge in [-0.1, -0.05) is 18.2 Å². The lowest BCUT2D eigenvalue weighted by Gasteiger charge is -2.19. The third-order valence-corrected chi connectivity index (χ3v) is 3.41. The van der Waals surface area contributed by atoms with Gasteiger partial charge in [0, 0.05) is 5.69 Å². The highest BCUT2D eigenvalue weighted by molar-refractivity contribution is 5.93. The Hall–Kier alpha value is -3.21. The largest absolute Gasteiger partial charge is 0.312 e. The predicted octanol–water partition coefficient (Wildman–Crippen LogP) is 1.96. The van der Waals surface area contributed by atoms with Crippen LogP contribution in [0, 0.1) is 35.3 Å². The van der Waals surface area contributed by atoms with Gasteiger partial charge >= 0.3 is 5.69 Å². The molecule has 8 nitrogen and oxygen atoms in total. The second-order valence-electron chi connectivity index (χ2n) is 4.91. The first-order valence-corrected chi connectivity index (χ1v) is 6.86. The van der Waals surface area contributed by atoms with Crippen molar-refractivity contribution >= 4 is 17.3 Å². The molecule has 8 heteroatoms. The van der Waals surface area contributed by atoms with Crippen molar-refractivity contribution in [3.05, 3.63) is 51.8 Å². The number of nitro groups is 1. The number of rotatable bonds is 5. The molecular formula is C15H15N5O3. The minimum Gasteiger partial charge on any atom is -0.297 e. The highest BCUT2D eigenvalue weighted by Crippen LogP contribution is 2.22. The Morgan fingerprint density at radius 2 is 2.04 bits per heavy atom. The minimum atomic E-state index is -0.511. The average Bonchev–Trinajstić information content (AvgIpc) is 2.79. The van der Waals surface area contributed by atoms with Crippen LogP contribution in [-0.4, -0.2) is 27.2 Å². The van der Waals surface area contributed by atoms with Crippen LogP contribution in [-0.2, 0) is 11.3 Å². The fourth-order valence-electron chi connectivity index (χ4n) is 2.32. The van der Waals surface area contributed by atoms with Crippen LogP contribution in [0.15, 0.2) is 30.3 Å². The number of nitriles is 1. The Morgan fingerprint density at radius 3 is 2.57 bits per heavy atom. The molecule has 2 rings (SSSR count). The summed E-state index contributed by atoms with van der Waals surface area (Å²) in [6, 6.07) is 10.7. The maximum Gasteiger partial charge on any atom is 0.312 e. The summed E-state index contributed by atoms with van der Waals surface area (Å²) in [7, 11) is 0. The van der Waals surface area contributed by atoms with E-state index in [0.29, 0.717) is 11.4 Å². The summed E-state index contributed by atoms with van der Waals surface area (Å²) in [6.07, 6.45) is 0. The number of anilines is 1. The Kier molecular flexibility index (Phi) is 4.71. The molecule has 1 aromatic heterocycles. The van der Waals surface area contributed by atoms with E-state index >= 15 is 0 Å². The van der Waals surface area contributed by atoms with Crippen LogP contribution in [0.2, 0.25) is 0 Å². The third-order valence-electron chi connectivity index (χ3n) is 3.41. The van der Waals surface area contributed by atoms with E-state index in [1.165, 1.54) is 16.5 Å². The van der Waals surface area contributed by atoms with Crippen molar-refractivity contribution < 1.29 is 9.72 Å². The normalized spacial score (nSPS) is 10.1. The minimum absolute atomic E-state index is 0.0932. The fourth-order valence-corrected chi connectivity index (χ4v) is 2.32. The first-order chi connectivity index (χ1) is 11.0. The molecule has 2 aromatic rings. The maximum atomic E-state index is 12.5. The number of para-hydroxylation sites is 1. The summed E-state index contributed by atoms with van der Waals surface area (Å²) in [4.78, 5) is 24.3. The standard InChI is InChI=1S/C15H15N5O3/c1-11-15(20(22)23)12(2)19(17-11)10-14(21)18(9-8-16)13-6-4-3-5-7-13/h3-7H,9-10H2,1-2H3. The van der Waals surface area contributed by atoms with Crippen LogP contribution < -0.4 is 4.90 Å². The third kappa shape index (κ3) is 3.35. The number of hydrogen-bond acceptors (Lipinski definition) is 5. The van der Waals surface area contributed by atoms with E-state index < -0.39 is 4.92 Å². The maximum absolute atomic E-state index is 12.5. The van der Waals surface area contributed by atoms with Gasteiger partial charge < -0.3 is 0 Å². The molecule has 0 saturated heterocycles. The molecule has 1 aromatic carbocycles. The quantitative estimate of drug-likeness (QED) is 0.476. The summed E-state index contributed by atoms with van der Waals surface area (Å²) in [6.45, 7) is 2.79. The summed E-state index contributed by atoms with van der Waals surface area (Å²) >= 11 is 0. The van der Waals surface area contributed by atoms with Crippen molar-refractivity contribution in [3.63, 3.8) is 0 Å². The van der Waals surface area contributed by atoms with Gasteiger partial charge in [0.25, 0.3) is 0 Å². The Bertz CT molecular complexity index is 776. The number of carbonyl (C=O) groups excluding carboxylic acids is 1. The number of aromatic nitrogens is 2.